The third kappa shape index (κ3) is 11.9. The molecule has 3 heterocycles. The Morgan fingerprint density at radius 3 is 1.96 bits per heavy atom. The van der Waals surface area contributed by atoms with Crippen LogP contribution in [0.1, 0.15) is 182 Å². The molecule has 3 saturated heterocycles. The van der Waals surface area contributed by atoms with Gasteiger partial charge in [-0.2, -0.15) is 5.06 Å². The Balaban J connectivity index is 1.24. The molecule has 3 aliphatic heterocycles. The van der Waals surface area contributed by atoms with Crippen molar-refractivity contribution in [1.82, 2.24) is 5.06 Å². The first kappa shape index (κ1) is 43.0. The highest BCUT2D eigenvalue weighted by molar-refractivity contribution is 5.69. The Kier molecular flexibility index (Phi) is 17.2. The lowest BCUT2D eigenvalue weighted by Gasteiger charge is -2.62. The van der Waals surface area contributed by atoms with Crippen molar-refractivity contribution in [1.29, 1.82) is 0 Å². The van der Waals surface area contributed by atoms with Crippen LogP contribution < -0.4 is 4.74 Å². The molecule has 8 heteroatoms. The fourth-order valence-electron chi connectivity index (χ4n) is 8.66. The van der Waals surface area contributed by atoms with Crippen molar-refractivity contribution in [3.05, 3.63) is 29.8 Å². The van der Waals surface area contributed by atoms with E-state index in [-0.39, 0.29) is 35.3 Å². The Morgan fingerprint density at radius 2 is 1.44 bits per heavy atom. The predicted octanol–water partition coefficient (Wildman–Crippen LogP) is 11.2. The summed E-state index contributed by atoms with van der Waals surface area (Å²) >= 11 is 0. The van der Waals surface area contributed by atoms with Crippen molar-refractivity contribution in [2.75, 3.05) is 19.8 Å². The molecule has 0 bridgehead atoms. The van der Waals surface area contributed by atoms with E-state index in [9.17, 15) is 9.90 Å². The highest BCUT2D eigenvalue weighted by Gasteiger charge is 2.64. The van der Waals surface area contributed by atoms with Gasteiger partial charge in [-0.25, -0.2) is 0 Å². The molecule has 1 aromatic carbocycles. The number of nitrogens with zero attached hydrogens (tertiary/aromatic N) is 1. The van der Waals surface area contributed by atoms with Crippen molar-refractivity contribution in [2.24, 2.45) is 11.8 Å². The molecule has 1 spiro atoms. The van der Waals surface area contributed by atoms with Crippen LogP contribution in [0.25, 0.3) is 0 Å². The van der Waals surface area contributed by atoms with E-state index in [0.29, 0.717) is 32.5 Å². The largest absolute Gasteiger partial charge is 0.491 e. The first-order valence-corrected chi connectivity index (χ1v) is 21.4. The van der Waals surface area contributed by atoms with Gasteiger partial charge in [0.1, 0.15) is 24.6 Å². The Labute approximate surface area is 317 Å². The van der Waals surface area contributed by atoms with Gasteiger partial charge in [-0.3, -0.25) is 9.63 Å². The third-order valence-electron chi connectivity index (χ3n) is 12.8. The predicted molar refractivity (Wildman–Crippen MR) is 208 cm³/mol. The second-order valence-electron chi connectivity index (χ2n) is 16.9. The number of hydrogen-bond donors (Lipinski definition) is 1. The maximum absolute atomic E-state index is 12.4. The summed E-state index contributed by atoms with van der Waals surface area (Å²) in [4.78, 5) is 19.3. The highest BCUT2D eigenvalue weighted by atomic mass is 16.8. The van der Waals surface area contributed by atoms with E-state index in [1.54, 1.807) is 0 Å². The van der Waals surface area contributed by atoms with E-state index in [1.807, 2.05) is 12.1 Å². The van der Waals surface area contributed by atoms with Gasteiger partial charge in [-0.15, -0.1) is 0 Å². The molecule has 0 aromatic heterocycles. The fraction of sp³-hybridized carbons (Fsp3) is 0.841. The van der Waals surface area contributed by atoms with Crippen LogP contribution in [0.4, 0.5) is 0 Å². The number of ether oxygens (including phenoxy) is 4. The zero-order chi connectivity index (χ0) is 37.6. The summed E-state index contributed by atoms with van der Waals surface area (Å²) < 4.78 is 24.7. The van der Waals surface area contributed by atoms with E-state index in [2.05, 4.69) is 65.7 Å². The van der Waals surface area contributed by atoms with Crippen LogP contribution in [0.15, 0.2) is 24.3 Å². The minimum atomic E-state index is -0.786. The average molecular weight is 730 g/mol. The van der Waals surface area contributed by atoms with Gasteiger partial charge in [0.2, 0.25) is 0 Å². The molecule has 0 amide bonds. The van der Waals surface area contributed by atoms with Crippen LogP contribution in [0.2, 0.25) is 0 Å². The molecule has 3 fully saturated rings. The van der Waals surface area contributed by atoms with Crippen LogP contribution in [0.5, 0.6) is 5.75 Å². The molecule has 0 radical (unpaired) electrons. The number of rotatable bonds is 26. The Bertz CT molecular complexity index is 1180. The molecule has 4 rings (SSSR count). The van der Waals surface area contributed by atoms with Crippen molar-refractivity contribution in [3.8, 4) is 5.75 Å². The summed E-state index contributed by atoms with van der Waals surface area (Å²) in [5.74, 6) is -1.07. The maximum Gasteiger partial charge on any atom is 0.306 e. The quantitative estimate of drug-likeness (QED) is 0.0744. The molecule has 0 saturated carbocycles. The minimum Gasteiger partial charge on any atom is -0.491 e. The summed E-state index contributed by atoms with van der Waals surface area (Å²) in [7, 11) is 0. The van der Waals surface area contributed by atoms with Crippen molar-refractivity contribution in [3.63, 3.8) is 0 Å². The molecule has 52 heavy (non-hydrogen) atoms. The van der Waals surface area contributed by atoms with Crippen molar-refractivity contribution in [2.45, 2.75) is 206 Å². The molecular formula is C44H75NO7. The number of piperidine rings is 1. The number of aliphatic carboxylic acids is 1. The molecule has 0 aliphatic carbocycles. The number of carbonyl (C=O) groups is 1. The normalized spacial score (nSPS) is 30.1. The van der Waals surface area contributed by atoms with E-state index in [4.69, 9.17) is 23.8 Å². The monoisotopic (exact) mass is 730 g/mol. The van der Waals surface area contributed by atoms with Gasteiger partial charge >= 0.3 is 5.97 Å². The molecular weight excluding hydrogens is 654 g/mol. The SMILES string of the molecule is CCCCCCCCCCCCCCCCC(CC1COC2(CC(C)(CC)N(OC(C)c3ccc(OCC4CO4)cc3)C(C)(CC)C2C)O1)C(=O)O. The summed E-state index contributed by atoms with van der Waals surface area (Å²) in [6, 6.07) is 8.18. The number of carboxylic acids is 1. The van der Waals surface area contributed by atoms with E-state index >= 15 is 0 Å². The second kappa shape index (κ2) is 20.8. The number of hydroxylamine groups is 2. The number of epoxide rings is 1. The van der Waals surface area contributed by atoms with Crippen LogP contribution in [0.3, 0.4) is 0 Å². The smallest absolute Gasteiger partial charge is 0.306 e. The highest BCUT2D eigenvalue weighted by Crippen LogP contribution is 2.55. The van der Waals surface area contributed by atoms with Crippen LogP contribution in [0, 0.1) is 11.8 Å². The van der Waals surface area contributed by atoms with Gasteiger partial charge in [0.15, 0.2) is 5.79 Å². The lowest BCUT2D eigenvalue weighted by molar-refractivity contribution is -0.380. The molecule has 8 atom stereocenters. The van der Waals surface area contributed by atoms with Gasteiger partial charge in [-0.1, -0.05) is 130 Å². The summed E-state index contributed by atoms with van der Waals surface area (Å²) in [6.45, 7) is 17.4. The summed E-state index contributed by atoms with van der Waals surface area (Å²) in [6.07, 6.45) is 21.6. The third-order valence-corrected chi connectivity index (χ3v) is 12.8. The maximum atomic E-state index is 12.4. The van der Waals surface area contributed by atoms with Gasteiger partial charge in [-0.05, 0) is 64.2 Å². The van der Waals surface area contributed by atoms with E-state index < -0.39 is 17.7 Å². The molecule has 298 valence electrons. The zero-order valence-electron chi connectivity index (χ0n) is 34.1. The average Bonchev–Trinajstić information content (AvgIpc) is 3.90. The van der Waals surface area contributed by atoms with Crippen LogP contribution in [-0.2, 0) is 23.8 Å². The lowest BCUT2D eigenvalue weighted by Crippen LogP contribution is -2.71. The number of hydrogen-bond acceptors (Lipinski definition) is 7. The van der Waals surface area contributed by atoms with Crippen LogP contribution in [-0.4, -0.2) is 65.0 Å². The summed E-state index contributed by atoms with van der Waals surface area (Å²) in [5.41, 5.74) is 0.362. The minimum absolute atomic E-state index is 0.00341. The number of unbranched alkanes of at least 4 members (excludes halogenated alkanes) is 13. The molecule has 1 aromatic rings. The van der Waals surface area contributed by atoms with E-state index in [1.165, 1.54) is 77.0 Å². The molecule has 3 aliphatic rings. The molecule has 8 unspecified atom stereocenters. The Hall–Kier alpha value is -1.71. The number of benzene rings is 1. The fourth-order valence-corrected chi connectivity index (χ4v) is 8.66. The molecule has 1 N–H and O–H groups in total. The first-order chi connectivity index (χ1) is 25.0. The van der Waals surface area contributed by atoms with Crippen molar-refractivity contribution >= 4 is 5.97 Å². The van der Waals surface area contributed by atoms with Crippen LogP contribution >= 0.6 is 0 Å². The van der Waals surface area contributed by atoms with Gasteiger partial charge in [0.25, 0.3) is 0 Å². The lowest BCUT2D eigenvalue weighted by atomic mass is 9.67. The summed E-state index contributed by atoms with van der Waals surface area (Å²) in [5, 5.41) is 12.4. The first-order valence-electron chi connectivity index (χ1n) is 21.4. The topological polar surface area (TPSA) is 90.0 Å². The van der Waals surface area contributed by atoms with Gasteiger partial charge < -0.3 is 24.1 Å². The molecule has 8 nitrogen and oxygen atoms in total. The van der Waals surface area contributed by atoms with Crippen molar-refractivity contribution < 1.29 is 33.7 Å². The van der Waals surface area contributed by atoms with E-state index in [0.717, 1.165) is 43.6 Å². The van der Waals surface area contributed by atoms with Gasteiger partial charge in [0, 0.05) is 17.9 Å². The van der Waals surface area contributed by atoms with Gasteiger partial charge in [0.05, 0.1) is 30.8 Å². The Morgan fingerprint density at radius 1 is 0.865 bits per heavy atom. The zero-order valence-corrected chi connectivity index (χ0v) is 34.1. The number of carboxylic acid groups (broad SMARTS) is 1. The second-order valence-corrected chi connectivity index (χ2v) is 16.9. The standard InChI is InChI=1S/C44H75NO7/c1-8-11-12-13-14-15-16-17-18-19-20-21-22-23-24-37(41(46)47)29-39-32-50-44(51-39)33-42(6,9-2)45(43(7,10-3)35(44)5)52-34(4)36-25-27-38(28-26-36)48-30-40-31-49-40/h25-28,34-35,37,39-40H,8-24,29-33H2,1-7H3,(H,46,47).